The number of aldehydes is 1. The Morgan fingerprint density at radius 3 is 2.73 bits per heavy atom. The van der Waals surface area contributed by atoms with Crippen molar-refractivity contribution in [1.29, 1.82) is 0 Å². The smallest absolute Gasteiger partial charge is 0.124 e. The zero-order valence-electron chi connectivity index (χ0n) is 6.99. The highest BCUT2D eigenvalue weighted by Gasteiger charge is 2.12. The summed E-state index contributed by atoms with van der Waals surface area (Å²) in [5, 5.41) is 4.23. The van der Waals surface area contributed by atoms with Gasteiger partial charge in [-0.05, 0) is 0 Å². The summed E-state index contributed by atoms with van der Waals surface area (Å²) in [5.41, 5.74) is 0. The van der Waals surface area contributed by atoms with Gasteiger partial charge in [0.15, 0.2) is 0 Å². The summed E-state index contributed by atoms with van der Waals surface area (Å²) in [6.45, 7) is 6.78. The van der Waals surface area contributed by atoms with E-state index < -0.39 is 0 Å². The van der Waals surface area contributed by atoms with Crippen LogP contribution in [0.25, 0.3) is 0 Å². The zero-order valence-corrected chi connectivity index (χ0v) is 6.99. The van der Waals surface area contributed by atoms with Crippen LogP contribution in [0.4, 0.5) is 0 Å². The van der Waals surface area contributed by atoms with Gasteiger partial charge in [-0.1, -0.05) is 6.92 Å². The van der Waals surface area contributed by atoms with Crippen LogP contribution in [0.2, 0.25) is 0 Å². The van der Waals surface area contributed by atoms with E-state index in [4.69, 9.17) is 0 Å². The zero-order chi connectivity index (χ0) is 8.10. The molecule has 0 amide bonds. The van der Waals surface area contributed by atoms with Gasteiger partial charge in [-0.3, -0.25) is 4.90 Å². The minimum Gasteiger partial charge on any atom is -0.303 e. The Bertz CT molecular complexity index is 121. The van der Waals surface area contributed by atoms with Gasteiger partial charge in [0, 0.05) is 38.6 Å². The number of piperazine rings is 1. The van der Waals surface area contributed by atoms with Crippen LogP contribution in [0.3, 0.4) is 0 Å². The second kappa shape index (κ2) is 4.46. The first kappa shape index (κ1) is 8.68. The fourth-order valence-electron chi connectivity index (χ4n) is 1.28. The monoisotopic (exact) mass is 155 g/mol. The van der Waals surface area contributed by atoms with Crippen LogP contribution in [0.5, 0.6) is 0 Å². The van der Waals surface area contributed by atoms with E-state index in [1.54, 1.807) is 0 Å². The molecule has 0 aromatic carbocycles. The molecule has 0 spiro atoms. The highest BCUT2D eigenvalue weighted by molar-refractivity contribution is 5.52. The molecule has 1 fully saturated rings. The quantitative estimate of drug-likeness (QED) is 0.526. The summed E-state index contributed by atoms with van der Waals surface area (Å²) in [6, 6.07) is 0. The summed E-state index contributed by atoms with van der Waals surface area (Å²) in [7, 11) is 0. The molecule has 3 heteroatoms. The van der Waals surface area contributed by atoms with E-state index in [9.17, 15) is 4.79 Å². The van der Waals surface area contributed by atoms with Crippen molar-refractivity contribution >= 4 is 6.29 Å². The van der Waals surface area contributed by atoms with Gasteiger partial charge < -0.3 is 4.79 Å². The van der Waals surface area contributed by atoms with Gasteiger partial charge in [-0.15, -0.1) is 0 Å². The second-order valence-corrected chi connectivity index (χ2v) is 3.08. The van der Waals surface area contributed by atoms with Gasteiger partial charge in [0.1, 0.15) is 6.29 Å². The molecule has 1 atom stereocenters. The molecule has 1 heterocycles. The summed E-state index contributed by atoms with van der Waals surface area (Å²) >= 11 is 0. The van der Waals surface area contributed by atoms with Crippen LogP contribution < -0.4 is 5.32 Å². The van der Waals surface area contributed by atoms with Gasteiger partial charge in [0.05, 0.1) is 0 Å². The lowest BCUT2D eigenvalue weighted by Gasteiger charge is -2.27. The lowest BCUT2D eigenvalue weighted by molar-refractivity contribution is -0.111. The highest BCUT2D eigenvalue weighted by Crippen LogP contribution is 1.98. The molecule has 0 aromatic heterocycles. The molecule has 1 radical (unpaired) electrons. The maximum Gasteiger partial charge on any atom is 0.124 e. The van der Waals surface area contributed by atoms with Crippen molar-refractivity contribution in [2.45, 2.75) is 6.92 Å². The highest BCUT2D eigenvalue weighted by atomic mass is 16.1. The number of nitrogens with zero attached hydrogens (tertiary/aromatic N) is 2. The summed E-state index contributed by atoms with van der Waals surface area (Å²) in [5.74, 6) is 0.174. The summed E-state index contributed by atoms with van der Waals surface area (Å²) in [4.78, 5) is 12.6. The molecule has 1 rings (SSSR count). The molecule has 0 aromatic rings. The summed E-state index contributed by atoms with van der Waals surface area (Å²) in [6.07, 6.45) is 1.02. The molecular weight excluding hydrogens is 140 g/mol. The Labute approximate surface area is 67.8 Å². The van der Waals surface area contributed by atoms with Crippen LogP contribution in [0.15, 0.2) is 0 Å². The third kappa shape index (κ3) is 2.99. The number of rotatable bonds is 3. The first-order valence-corrected chi connectivity index (χ1v) is 4.14. The van der Waals surface area contributed by atoms with Gasteiger partial charge in [0.25, 0.3) is 0 Å². The Morgan fingerprint density at radius 1 is 1.55 bits per heavy atom. The number of carbonyl (C=O) groups excluding carboxylic acids is 1. The van der Waals surface area contributed by atoms with Crippen LogP contribution in [0, 0.1) is 5.92 Å². The molecule has 1 unspecified atom stereocenters. The normalized spacial score (nSPS) is 23.0. The second-order valence-electron chi connectivity index (χ2n) is 3.08. The fraction of sp³-hybridized carbons (Fsp3) is 0.875. The molecule has 63 valence electrons. The molecule has 0 bridgehead atoms. The Morgan fingerprint density at radius 2 is 2.18 bits per heavy atom. The van der Waals surface area contributed by atoms with Crippen molar-refractivity contribution in [3.8, 4) is 0 Å². The molecule has 0 N–H and O–H groups in total. The number of carbonyl (C=O) groups is 1. The molecular formula is C8H15N2O. The maximum atomic E-state index is 10.3. The van der Waals surface area contributed by atoms with E-state index in [1.807, 2.05) is 6.92 Å². The van der Waals surface area contributed by atoms with Crippen molar-refractivity contribution in [3.63, 3.8) is 0 Å². The van der Waals surface area contributed by atoms with E-state index >= 15 is 0 Å². The van der Waals surface area contributed by atoms with Gasteiger partial charge in [0.2, 0.25) is 0 Å². The average Bonchev–Trinajstić information content (AvgIpc) is 2.06. The van der Waals surface area contributed by atoms with Crippen molar-refractivity contribution in [3.05, 3.63) is 0 Å². The maximum absolute atomic E-state index is 10.3. The minimum atomic E-state index is 0.174. The molecule has 1 aliphatic rings. The topological polar surface area (TPSA) is 34.4 Å². The van der Waals surface area contributed by atoms with Crippen LogP contribution in [-0.4, -0.2) is 43.9 Å². The molecule has 0 aliphatic carbocycles. The first-order valence-electron chi connectivity index (χ1n) is 4.14. The molecule has 11 heavy (non-hydrogen) atoms. The predicted molar refractivity (Wildman–Crippen MR) is 43.5 cm³/mol. The van der Waals surface area contributed by atoms with E-state index in [1.165, 1.54) is 0 Å². The first-order chi connectivity index (χ1) is 5.33. The van der Waals surface area contributed by atoms with E-state index in [2.05, 4.69) is 10.2 Å². The van der Waals surface area contributed by atoms with Crippen LogP contribution in [0.1, 0.15) is 6.92 Å². The van der Waals surface area contributed by atoms with E-state index in [-0.39, 0.29) is 5.92 Å². The van der Waals surface area contributed by atoms with Crippen LogP contribution >= 0.6 is 0 Å². The third-order valence-electron chi connectivity index (χ3n) is 1.93. The van der Waals surface area contributed by atoms with E-state index in [0.29, 0.717) is 0 Å². The van der Waals surface area contributed by atoms with Gasteiger partial charge in [-0.2, -0.15) is 0 Å². The lowest BCUT2D eigenvalue weighted by Crippen LogP contribution is -2.42. The Balaban J connectivity index is 2.18. The SMILES string of the molecule is CC(C=O)CN1CC[N]CC1. The molecule has 1 saturated heterocycles. The fourth-order valence-corrected chi connectivity index (χ4v) is 1.28. The van der Waals surface area contributed by atoms with E-state index in [0.717, 1.165) is 39.0 Å². The van der Waals surface area contributed by atoms with Crippen molar-refractivity contribution in [2.24, 2.45) is 5.92 Å². The standard InChI is InChI=1S/C8H15N2O/c1-8(7-11)6-10-4-2-9-3-5-10/h7-8H,2-6H2,1H3. The number of hydrogen-bond donors (Lipinski definition) is 0. The Kier molecular flexibility index (Phi) is 3.52. The average molecular weight is 155 g/mol. The number of hydrogen-bond acceptors (Lipinski definition) is 2. The van der Waals surface area contributed by atoms with Crippen molar-refractivity contribution in [2.75, 3.05) is 32.7 Å². The Hall–Kier alpha value is -0.410. The van der Waals surface area contributed by atoms with Crippen LogP contribution in [-0.2, 0) is 4.79 Å². The van der Waals surface area contributed by atoms with Crippen molar-refractivity contribution in [1.82, 2.24) is 10.2 Å². The minimum absolute atomic E-state index is 0.174. The van der Waals surface area contributed by atoms with Gasteiger partial charge in [-0.25, -0.2) is 5.32 Å². The predicted octanol–water partition coefficient (Wildman–Crippen LogP) is -0.259. The largest absolute Gasteiger partial charge is 0.303 e. The van der Waals surface area contributed by atoms with Crippen molar-refractivity contribution < 1.29 is 4.79 Å². The third-order valence-corrected chi connectivity index (χ3v) is 1.93. The molecule has 3 nitrogen and oxygen atoms in total. The summed E-state index contributed by atoms with van der Waals surface area (Å²) < 4.78 is 0. The lowest BCUT2D eigenvalue weighted by atomic mass is 10.2. The molecule has 0 saturated carbocycles. The van der Waals surface area contributed by atoms with Gasteiger partial charge >= 0.3 is 0 Å². The molecule has 1 aliphatic heterocycles.